The van der Waals surface area contributed by atoms with Gasteiger partial charge in [0.05, 0.1) is 28.9 Å². The number of ketones is 1. The van der Waals surface area contributed by atoms with E-state index in [9.17, 15) is 35.9 Å². The van der Waals surface area contributed by atoms with Crippen LogP contribution < -0.4 is 10.1 Å². The summed E-state index contributed by atoms with van der Waals surface area (Å²) in [4.78, 5) is 30.0. The number of allylic oxidation sites excluding steroid dienone is 1. The molecular weight excluding hydrogens is 626 g/mol. The molecule has 3 aromatic heterocycles. The second-order valence-electron chi connectivity index (χ2n) is 10.3. The van der Waals surface area contributed by atoms with Gasteiger partial charge in [-0.05, 0) is 48.9 Å². The highest BCUT2D eigenvalue weighted by Gasteiger charge is 2.39. The highest BCUT2D eigenvalue weighted by atomic mass is 35.5. The molecule has 1 aliphatic heterocycles. The number of fused-ring (bicyclic) bond motifs is 4. The molecule has 0 fully saturated rings. The highest BCUT2D eigenvalue weighted by Crippen LogP contribution is 2.48. The van der Waals surface area contributed by atoms with E-state index in [0.717, 1.165) is 6.07 Å². The molecule has 1 N–H and O–H groups in total. The van der Waals surface area contributed by atoms with Gasteiger partial charge in [-0.3, -0.25) is 9.59 Å². The van der Waals surface area contributed by atoms with Gasteiger partial charge in [-0.25, -0.2) is 18.2 Å². The first-order valence-electron chi connectivity index (χ1n) is 13.4. The van der Waals surface area contributed by atoms with Crippen molar-refractivity contribution in [2.24, 2.45) is 7.05 Å². The van der Waals surface area contributed by atoms with Crippen LogP contribution in [0.25, 0.3) is 27.7 Å². The third-order valence-corrected chi connectivity index (χ3v) is 7.82. The molecule has 0 bridgehead atoms. The van der Waals surface area contributed by atoms with Crippen molar-refractivity contribution in [3.05, 3.63) is 94.3 Å². The Bertz CT molecular complexity index is 2070. The summed E-state index contributed by atoms with van der Waals surface area (Å²) in [7, 11) is 1.60. The number of anilines is 1. The Hall–Kier alpha value is -4.78. The number of benzene rings is 2. The SMILES string of the molecule is Cc1nc2c3c(c(C(F)(F)F)cc2n1C)-c1cccn2c(C(=O)c4cc(F)c(NC(=O)/C(F)=C/CCl)c(F)c4)cc(c12)CCO3. The molecule has 5 aromatic rings. The molecule has 0 spiro atoms. The first kappa shape index (κ1) is 30.3. The number of amides is 1. The highest BCUT2D eigenvalue weighted by molar-refractivity contribution is 6.19. The van der Waals surface area contributed by atoms with Gasteiger partial charge in [0.1, 0.15) is 28.7 Å². The van der Waals surface area contributed by atoms with Gasteiger partial charge in [-0.2, -0.15) is 13.2 Å². The summed E-state index contributed by atoms with van der Waals surface area (Å²) in [5.74, 6) is -6.27. The smallest absolute Gasteiger partial charge is 0.417 e. The lowest BCUT2D eigenvalue weighted by molar-refractivity contribution is -0.137. The van der Waals surface area contributed by atoms with Crippen molar-refractivity contribution in [3.63, 3.8) is 0 Å². The number of hydrogen-bond acceptors (Lipinski definition) is 4. The zero-order valence-corrected chi connectivity index (χ0v) is 24.2. The van der Waals surface area contributed by atoms with Crippen LogP contribution in [0.15, 0.2) is 54.5 Å². The lowest BCUT2D eigenvalue weighted by atomic mass is 9.94. The summed E-state index contributed by atoms with van der Waals surface area (Å²) in [6, 6.07) is 6.72. The van der Waals surface area contributed by atoms with Crippen LogP contribution in [0.2, 0.25) is 0 Å². The zero-order chi connectivity index (χ0) is 32.4. The Kier molecular flexibility index (Phi) is 7.39. The van der Waals surface area contributed by atoms with Crippen LogP contribution in [0.5, 0.6) is 5.75 Å². The molecule has 0 aliphatic carbocycles. The van der Waals surface area contributed by atoms with E-state index in [1.807, 2.05) is 0 Å². The van der Waals surface area contributed by atoms with Crippen LogP contribution in [0, 0.1) is 18.6 Å². The summed E-state index contributed by atoms with van der Waals surface area (Å²) in [6.45, 7) is 1.61. The van der Waals surface area contributed by atoms with Gasteiger partial charge in [-0.1, -0.05) is 6.07 Å². The summed E-state index contributed by atoms with van der Waals surface area (Å²) in [5.41, 5.74) is -1.35. The van der Waals surface area contributed by atoms with Gasteiger partial charge in [0.15, 0.2) is 11.6 Å². The van der Waals surface area contributed by atoms with E-state index < -0.39 is 52.1 Å². The molecule has 0 saturated carbocycles. The molecule has 0 atom stereocenters. The fourth-order valence-electron chi connectivity index (χ4n) is 5.52. The maximum atomic E-state index is 14.9. The van der Waals surface area contributed by atoms with Crippen LogP contribution in [-0.4, -0.2) is 38.1 Å². The molecule has 14 heteroatoms. The van der Waals surface area contributed by atoms with Crippen molar-refractivity contribution >= 4 is 45.5 Å². The molecule has 2 aromatic carbocycles. The first-order valence-corrected chi connectivity index (χ1v) is 13.9. The van der Waals surface area contributed by atoms with E-state index in [2.05, 4.69) is 4.98 Å². The summed E-state index contributed by atoms with van der Waals surface area (Å²) in [6.07, 6.45) is -2.44. The average Bonchev–Trinajstić information content (AvgIpc) is 3.49. The summed E-state index contributed by atoms with van der Waals surface area (Å²) < 4.78 is 96.2. The minimum atomic E-state index is -4.79. The van der Waals surface area contributed by atoms with Gasteiger partial charge >= 0.3 is 6.18 Å². The number of pyridine rings is 1. The number of ether oxygens (including phenoxy) is 1. The number of halogens is 7. The molecule has 45 heavy (non-hydrogen) atoms. The maximum Gasteiger partial charge on any atom is 0.417 e. The number of aromatic nitrogens is 3. The molecule has 4 heterocycles. The van der Waals surface area contributed by atoms with Crippen molar-refractivity contribution in [1.29, 1.82) is 0 Å². The van der Waals surface area contributed by atoms with Gasteiger partial charge in [0.2, 0.25) is 5.78 Å². The van der Waals surface area contributed by atoms with Gasteiger partial charge in [0.25, 0.3) is 5.91 Å². The number of aryl methyl sites for hydroxylation is 2. The minimum absolute atomic E-state index is 0.0459. The monoisotopic (exact) mass is 646 g/mol. The third-order valence-electron chi connectivity index (χ3n) is 7.67. The Labute approximate surface area is 255 Å². The number of carbonyl (C=O) groups is 2. The second-order valence-corrected chi connectivity index (χ2v) is 10.6. The Morgan fingerprint density at radius 3 is 2.53 bits per heavy atom. The molecule has 0 unspecified atom stereocenters. The number of rotatable bonds is 5. The normalized spacial score (nSPS) is 13.4. The number of alkyl halides is 4. The predicted molar refractivity (Wildman–Crippen MR) is 154 cm³/mol. The molecule has 1 aliphatic rings. The number of hydrogen-bond donors (Lipinski definition) is 1. The fourth-order valence-corrected chi connectivity index (χ4v) is 5.65. The van der Waals surface area contributed by atoms with Crippen molar-refractivity contribution in [2.45, 2.75) is 19.5 Å². The van der Waals surface area contributed by atoms with Crippen molar-refractivity contribution in [1.82, 2.24) is 14.0 Å². The summed E-state index contributed by atoms with van der Waals surface area (Å²) in [5, 5.41) is 1.77. The molecule has 0 radical (unpaired) electrons. The Balaban J connectivity index is 1.51. The number of nitrogens with zero attached hydrogens (tertiary/aromatic N) is 3. The topological polar surface area (TPSA) is 77.6 Å². The van der Waals surface area contributed by atoms with Crippen LogP contribution in [0.4, 0.5) is 32.0 Å². The van der Waals surface area contributed by atoms with E-state index in [4.69, 9.17) is 16.3 Å². The maximum absolute atomic E-state index is 14.9. The molecule has 232 valence electrons. The van der Waals surface area contributed by atoms with Crippen LogP contribution in [-0.2, 0) is 24.4 Å². The standard InChI is InChI=1S/C31H21ClF6N4O3/c1-14-39-26-22(41(14)2)13-18(31(36,37)38)24-17-4-3-8-42-23(12-15(27(17)42)6-9-45-29(24)26)28(43)16-10-20(34)25(21(35)11-16)40-30(44)19(33)5-7-32/h3-5,8,10-13H,6-7,9H2,1-2H3,(H,40,44)/b19-5-. The first-order chi connectivity index (χ1) is 21.3. The van der Waals surface area contributed by atoms with E-state index in [1.54, 1.807) is 19.3 Å². The quantitative estimate of drug-likeness (QED) is 0.0942. The van der Waals surface area contributed by atoms with Gasteiger partial charge in [0, 0.05) is 42.2 Å². The molecule has 6 rings (SSSR count). The number of nitrogens with one attached hydrogen (secondary N) is 1. The second kappa shape index (κ2) is 11.0. The van der Waals surface area contributed by atoms with E-state index in [0.29, 0.717) is 29.6 Å². The Morgan fingerprint density at radius 1 is 1.16 bits per heavy atom. The van der Waals surface area contributed by atoms with Crippen LogP contribution in [0.3, 0.4) is 0 Å². The van der Waals surface area contributed by atoms with Crippen LogP contribution in [0.1, 0.15) is 33.0 Å². The summed E-state index contributed by atoms with van der Waals surface area (Å²) >= 11 is 5.34. The van der Waals surface area contributed by atoms with Crippen molar-refractivity contribution in [2.75, 3.05) is 17.8 Å². The van der Waals surface area contributed by atoms with Crippen molar-refractivity contribution in [3.8, 4) is 16.9 Å². The fraction of sp³-hybridized carbons (Fsp3) is 0.194. The molecule has 7 nitrogen and oxygen atoms in total. The third kappa shape index (κ3) is 5.00. The van der Waals surface area contributed by atoms with E-state index >= 15 is 0 Å². The average molecular weight is 647 g/mol. The minimum Gasteiger partial charge on any atom is -0.490 e. The predicted octanol–water partition coefficient (Wildman–Crippen LogP) is 7.30. The van der Waals surface area contributed by atoms with Gasteiger partial charge < -0.3 is 19.0 Å². The number of carbonyl (C=O) groups excluding carboxylic acids is 2. The van der Waals surface area contributed by atoms with E-state index in [1.165, 1.54) is 33.4 Å². The lowest BCUT2D eigenvalue weighted by Gasteiger charge is -2.22. The van der Waals surface area contributed by atoms with Crippen LogP contribution >= 0.6 is 11.6 Å². The molecule has 1 amide bonds. The lowest BCUT2D eigenvalue weighted by Crippen LogP contribution is -2.16. The zero-order valence-electron chi connectivity index (χ0n) is 23.5. The largest absolute Gasteiger partial charge is 0.490 e. The molecular formula is C31H21ClF6N4O3. The molecule has 0 saturated heterocycles. The van der Waals surface area contributed by atoms with E-state index in [-0.39, 0.29) is 58.0 Å². The van der Waals surface area contributed by atoms with Gasteiger partial charge in [-0.15, -0.1) is 11.6 Å². The number of imidazole rings is 1. The Morgan fingerprint density at radius 2 is 1.87 bits per heavy atom. The van der Waals surface area contributed by atoms with Crippen molar-refractivity contribution < 1.29 is 40.7 Å².